The maximum absolute atomic E-state index is 10.1. The van der Waals surface area contributed by atoms with Crippen LogP contribution in [0.25, 0.3) is 5.69 Å². The third-order valence-electron chi connectivity index (χ3n) is 3.32. The molecule has 0 fully saturated rings. The highest BCUT2D eigenvalue weighted by atomic mass is 35.5. The normalized spacial score (nSPS) is 12.1. The van der Waals surface area contributed by atoms with Crippen LogP contribution in [0.5, 0.6) is 5.75 Å². The first-order valence-electron chi connectivity index (χ1n) is 7.21. The lowest BCUT2D eigenvalue weighted by Crippen LogP contribution is -2.20. The topological polar surface area (TPSA) is 60.2 Å². The van der Waals surface area contributed by atoms with Crippen LogP contribution in [0.2, 0.25) is 5.02 Å². The molecule has 1 aromatic heterocycles. The van der Waals surface area contributed by atoms with E-state index in [4.69, 9.17) is 16.3 Å². The van der Waals surface area contributed by atoms with Crippen LogP contribution in [0.3, 0.4) is 0 Å². The van der Waals surface area contributed by atoms with Crippen LogP contribution in [0.15, 0.2) is 61.2 Å². The number of aliphatic hydroxyl groups is 1. The lowest BCUT2D eigenvalue weighted by Gasteiger charge is -2.13. The summed E-state index contributed by atoms with van der Waals surface area (Å²) >= 11 is 5.93. The highest BCUT2D eigenvalue weighted by molar-refractivity contribution is 6.30. The number of benzene rings is 2. The molecule has 0 aliphatic heterocycles. The van der Waals surface area contributed by atoms with Crippen molar-refractivity contribution in [2.24, 2.45) is 0 Å². The Kier molecular flexibility index (Phi) is 4.90. The Morgan fingerprint density at radius 3 is 2.70 bits per heavy atom. The molecule has 0 saturated heterocycles. The molecule has 1 atom stereocenters. The van der Waals surface area contributed by atoms with Crippen molar-refractivity contribution in [3.8, 4) is 11.4 Å². The highest BCUT2D eigenvalue weighted by Gasteiger charge is 2.07. The van der Waals surface area contributed by atoms with Crippen molar-refractivity contribution in [3.05, 3.63) is 71.8 Å². The van der Waals surface area contributed by atoms with Crippen LogP contribution in [0.1, 0.15) is 5.56 Å². The van der Waals surface area contributed by atoms with Crippen molar-refractivity contribution in [1.29, 1.82) is 0 Å². The number of aliphatic hydroxyl groups excluding tert-OH is 1. The lowest BCUT2D eigenvalue weighted by atomic mass is 10.1. The molecule has 0 aliphatic carbocycles. The summed E-state index contributed by atoms with van der Waals surface area (Å²) in [5.74, 6) is 0.694. The average molecular weight is 330 g/mol. The van der Waals surface area contributed by atoms with E-state index in [-0.39, 0.29) is 6.61 Å². The zero-order valence-electron chi connectivity index (χ0n) is 12.3. The van der Waals surface area contributed by atoms with Crippen molar-refractivity contribution < 1.29 is 9.84 Å². The van der Waals surface area contributed by atoms with Gasteiger partial charge in [-0.2, -0.15) is 5.10 Å². The number of ether oxygens (including phenoxy) is 1. The molecule has 0 spiro atoms. The van der Waals surface area contributed by atoms with Gasteiger partial charge in [0.15, 0.2) is 0 Å². The monoisotopic (exact) mass is 329 g/mol. The van der Waals surface area contributed by atoms with Gasteiger partial charge in [0.05, 0.1) is 11.8 Å². The summed E-state index contributed by atoms with van der Waals surface area (Å²) in [6.07, 6.45) is 3.02. The first-order chi connectivity index (χ1) is 11.2. The molecule has 118 valence electrons. The van der Waals surface area contributed by atoms with E-state index < -0.39 is 6.10 Å². The Balaban J connectivity index is 1.53. The number of hydrogen-bond acceptors (Lipinski definition) is 4. The van der Waals surface area contributed by atoms with E-state index in [1.807, 2.05) is 48.5 Å². The Morgan fingerprint density at radius 2 is 2.00 bits per heavy atom. The zero-order chi connectivity index (χ0) is 16.1. The van der Waals surface area contributed by atoms with Crippen LogP contribution in [-0.2, 0) is 6.42 Å². The molecule has 1 heterocycles. The van der Waals surface area contributed by atoms with E-state index in [1.165, 1.54) is 6.33 Å². The second kappa shape index (κ2) is 7.26. The molecule has 0 radical (unpaired) electrons. The molecule has 5 nitrogen and oxygen atoms in total. The first kappa shape index (κ1) is 15.5. The van der Waals surface area contributed by atoms with Gasteiger partial charge in [-0.15, -0.1) is 0 Å². The van der Waals surface area contributed by atoms with Gasteiger partial charge >= 0.3 is 0 Å². The molecule has 6 heteroatoms. The Hall–Kier alpha value is -2.37. The molecule has 3 rings (SSSR count). The maximum atomic E-state index is 10.1. The molecule has 0 bridgehead atoms. The summed E-state index contributed by atoms with van der Waals surface area (Å²) < 4.78 is 7.28. The Morgan fingerprint density at radius 1 is 1.17 bits per heavy atom. The molecule has 1 N–H and O–H groups in total. The molecule has 0 aliphatic rings. The number of nitrogens with zero attached hydrogens (tertiary/aromatic N) is 3. The standard InChI is InChI=1S/C17H16ClN3O2/c18-14-3-1-2-13(8-14)9-16(22)10-23-17-6-4-15(5-7-17)21-12-19-11-20-21/h1-8,11-12,16,22H,9-10H2. The molecule has 0 amide bonds. The van der Waals surface area contributed by atoms with Crippen LogP contribution in [0.4, 0.5) is 0 Å². The van der Waals surface area contributed by atoms with Crippen molar-refractivity contribution >= 4 is 11.6 Å². The van der Waals surface area contributed by atoms with Gasteiger partial charge in [-0.1, -0.05) is 23.7 Å². The fourth-order valence-corrected chi connectivity index (χ4v) is 2.44. The van der Waals surface area contributed by atoms with Crippen LogP contribution in [0, 0.1) is 0 Å². The quantitative estimate of drug-likeness (QED) is 0.755. The second-order valence-corrected chi connectivity index (χ2v) is 5.57. The van der Waals surface area contributed by atoms with E-state index in [0.717, 1.165) is 11.3 Å². The van der Waals surface area contributed by atoms with Gasteiger partial charge in [0.25, 0.3) is 0 Å². The van der Waals surface area contributed by atoms with E-state index >= 15 is 0 Å². The SMILES string of the molecule is OC(COc1ccc(-n2cncn2)cc1)Cc1cccc(Cl)c1. The minimum absolute atomic E-state index is 0.217. The minimum Gasteiger partial charge on any atom is -0.491 e. The van der Waals surface area contributed by atoms with E-state index in [2.05, 4.69) is 10.1 Å². The fraction of sp³-hybridized carbons (Fsp3) is 0.176. The minimum atomic E-state index is -0.594. The maximum Gasteiger partial charge on any atom is 0.138 e. The fourth-order valence-electron chi connectivity index (χ4n) is 2.22. The van der Waals surface area contributed by atoms with E-state index in [9.17, 15) is 5.11 Å². The summed E-state index contributed by atoms with van der Waals surface area (Å²) in [4.78, 5) is 3.90. The zero-order valence-corrected chi connectivity index (χ0v) is 13.1. The number of aromatic nitrogens is 3. The number of rotatable bonds is 6. The molecular weight excluding hydrogens is 314 g/mol. The summed E-state index contributed by atoms with van der Waals surface area (Å²) in [5.41, 5.74) is 1.88. The van der Waals surface area contributed by atoms with Crippen molar-refractivity contribution in [2.75, 3.05) is 6.61 Å². The summed E-state index contributed by atoms with van der Waals surface area (Å²) in [6.45, 7) is 0.217. The summed E-state index contributed by atoms with van der Waals surface area (Å²) in [7, 11) is 0. The Labute approximate surface area is 139 Å². The van der Waals surface area contributed by atoms with Gasteiger partial charge in [-0.3, -0.25) is 0 Å². The van der Waals surface area contributed by atoms with Crippen LogP contribution >= 0.6 is 11.6 Å². The third kappa shape index (κ3) is 4.31. The van der Waals surface area contributed by atoms with Crippen LogP contribution < -0.4 is 4.74 Å². The molecule has 0 saturated carbocycles. The highest BCUT2D eigenvalue weighted by Crippen LogP contribution is 2.16. The third-order valence-corrected chi connectivity index (χ3v) is 3.56. The number of halogens is 1. The van der Waals surface area contributed by atoms with Gasteiger partial charge in [0.1, 0.15) is 25.0 Å². The predicted molar refractivity (Wildman–Crippen MR) is 88.0 cm³/mol. The summed E-state index contributed by atoms with van der Waals surface area (Å²) in [6, 6.07) is 14.9. The van der Waals surface area contributed by atoms with E-state index in [0.29, 0.717) is 17.2 Å². The molecule has 1 unspecified atom stereocenters. The molecule has 3 aromatic rings. The first-order valence-corrected chi connectivity index (χ1v) is 7.59. The van der Waals surface area contributed by atoms with Crippen molar-refractivity contribution in [1.82, 2.24) is 14.8 Å². The number of hydrogen-bond donors (Lipinski definition) is 1. The van der Waals surface area contributed by atoms with Crippen LogP contribution in [-0.4, -0.2) is 32.6 Å². The molecule has 2 aromatic carbocycles. The average Bonchev–Trinajstić information content (AvgIpc) is 3.08. The lowest BCUT2D eigenvalue weighted by molar-refractivity contribution is 0.108. The Bertz CT molecular complexity index is 745. The van der Waals surface area contributed by atoms with E-state index in [1.54, 1.807) is 11.0 Å². The van der Waals surface area contributed by atoms with Crippen molar-refractivity contribution in [3.63, 3.8) is 0 Å². The van der Waals surface area contributed by atoms with Gasteiger partial charge < -0.3 is 9.84 Å². The smallest absolute Gasteiger partial charge is 0.138 e. The second-order valence-electron chi connectivity index (χ2n) is 5.13. The van der Waals surface area contributed by atoms with Gasteiger partial charge in [-0.25, -0.2) is 9.67 Å². The predicted octanol–water partition coefficient (Wildman–Crippen LogP) is 2.90. The van der Waals surface area contributed by atoms with Gasteiger partial charge in [0, 0.05) is 11.4 Å². The van der Waals surface area contributed by atoms with Gasteiger partial charge in [0.2, 0.25) is 0 Å². The molecule has 23 heavy (non-hydrogen) atoms. The molecular formula is C17H16ClN3O2. The van der Waals surface area contributed by atoms with Crippen molar-refractivity contribution in [2.45, 2.75) is 12.5 Å². The van der Waals surface area contributed by atoms with Gasteiger partial charge in [-0.05, 0) is 42.0 Å². The largest absolute Gasteiger partial charge is 0.491 e. The summed E-state index contributed by atoms with van der Waals surface area (Å²) in [5, 5.41) is 14.8.